The maximum absolute atomic E-state index is 12.5. The van der Waals surface area contributed by atoms with E-state index in [0.717, 1.165) is 14.3 Å². The second-order valence-electron chi connectivity index (χ2n) is 7.53. The molecule has 222 valence electrons. The number of para-hydroxylation sites is 1. The van der Waals surface area contributed by atoms with Gasteiger partial charge in [0.2, 0.25) is 0 Å². The summed E-state index contributed by atoms with van der Waals surface area (Å²) in [5, 5.41) is 18.5. The van der Waals surface area contributed by atoms with Gasteiger partial charge in [-0.25, -0.2) is 4.79 Å². The van der Waals surface area contributed by atoms with Gasteiger partial charge in [0.25, 0.3) is 10.2 Å². The summed E-state index contributed by atoms with van der Waals surface area (Å²) < 4.78 is 16.1. The first-order valence-electron chi connectivity index (χ1n) is 11.4. The third-order valence-electron chi connectivity index (χ3n) is 4.70. The molecule has 42 heavy (non-hydrogen) atoms. The van der Waals surface area contributed by atoms with E-state index in [0.29, 0.717) is 0 Å². The van der Waals surface area contributed by atoms with E-state index < -0.39 is 47.4 Å². The number of carbonyl (C=O) groups excluding carboxylic acids is 3. The molecule has 0 aliphatic rings. The van der Waals surface area contributed by atoms with Crippen molar-refractivity contribution in [2.75, 3.05) is 13.2 Å². The lowest BCUT2D eigenvalue weighted by molar-refractivity contribution is -0.790. The van der Waals surface area contributed by atoms with Crippen molar-refractivity contribution in [3.05, 3.63) is 84.2 Å². The van der Waals surface area contributed by atoms with Crippen LogP contribution in [-0.4, -0.2) is 53.3 Å². The van der Waals surface area contributed by atoms with E-state index >= 15 is 0 Å². The van der Waals surface area contributed by atoms with Crippen LogP contribution >= 0.6 is 45.1 Å². The predicted molar refractivity (Wildman–Crippen MR) is 155 cm³/mol. The lowest BCUT2D eigenvalue weighted by Gasteiger charge is -2.15. The number of ether oxygens (including phenoxy) is 3. The predicted octanol–water partition coefficient (Wildman–Crippen LogP) is 5.06. The molecule has 0 N–H and O–H groups in total. The molecule has 0 saturated heterocycles. The van der Waals surface area contributed by atoms with Gasteiger partial charge in [-0.15, -0.1) is 20.2 Å². The molecule has 0 spiro atoms. The Morgan fingerprint density at radius 1 is 0.881 bits per heavy atom. The molecule has 3 aromatic rings. The van der Waals surface area contributed by atoms with E-state index in [9.17, 15) is 34.6 Å². The molecule has 0 aliphatic heterocycles. The Morgan fingerprint density at radius 3 is 2.12 bits per heavy atom. The third kappa shape index (κ3) is 11.6. The summed E-state index contributed by atoms with van der Waals surface area (Å²) in [7, 11) is 3.02. The van der Waals surface area contributed by atoms with E-state index in [1.165, 1.54) is 44.9 Å². The molecule has 0 bridgehead atoms. The highest BCUT2D eigenvalue weighted by molar-refractivity contribution is 7.80. The van der Waals surface area contributed by atoms with Crippen LogP contribution in [0.5, 0.6) is 11.5 Å². The molecule has 18 heteroatoms. The minimum Gasteiger partial charge on any atom is -0.460 e. The van der Waals surface area contributed by atoms with Crippen molar-refractivity contribution in [1.29, 1.82) is 0 Å². The number of hydrogen-bond acceptors (Lipinski definition) is 16. The topological polar surface area (TPSA) is 184 Å². The summed E-state index contributed by atoms with van der Waals surface area (Å²) in [5.41, 5.74) is 0.701. The Morgan fingerprint density at radius 2 is 1.52 bits per heavy atom. The van der Waals surface area contributed by atoms with Crippen LogP contribution in [0.2, 0.25) is 0 Å². The molecule has 2 aromatic carbocycles. The van der Waals surface area contributed by atoms with E-state index in [1.807, 2.05) is 6.07 Å². The van der Waals surface area contributed by atoms with Gasteiger partial charge in [-0.2, -0.15) is 0 Å². The zero-order valence-corrected chi connectivity index (χ0v) is 24.5. The van der Waals surface area contributed by atoms with Crippen molar-refractivity contribution in [3.63, 3.8) is 0 Å². The highest BCUT2D eigenvalue weighted by Crippen LogP contribution is 2.30. The zero-order chi connectivity index (χ0) is 31.1. The summed E-state index contributed by atoms with van der Waals surface area (Å²) in [5.74, 6) is 0.331. The van der Waals surface area contributed by atoms with Gasteiger partial charge in [0.05, 0.1) is 12.8 Å². The average Bonchev–Trinajstić information content (AvgIpc) is 3.41. The molecule has 0 amide bonds. The van der Waals surface area contributed by atoms with Gasteiger partial charge in [0, 0.05) is 4.88 Å². The highest BCUT2D eigenvalue weighted by Gasteiger charge is 2.22. The van der Waals surface area contributed by atoms with Crippen molar-refractivity contribution >= 4 is 68.9 Å². The van der Waals surface area contributed by atoms with Gasteiger partial charge in [-0.1, -0.05) is 57.2 Å². The van der Waals surface area contributed by atoms with E-state index in [4.69, 9.17) is 26.4 Å². The van der Waals surface area contributed by atoms with Crippen LogP contribution in [0.4, 0.5) is 0 Å². The van der Waals surface area contributed by atoms with Crippen molar-refractivity contribution in [3.8, 4) is 21.9 Å². The van der Waals surface area contributed by atoms with Crippen molar-refractivity contribution in [2.45, 2.75) is 18.9 Å². The first-order chi connectivity index (χ1) is 20.1. The average molecular weight is 657 g/mol. The second-order valence-corrected chi connectivity index (χ2v) is 10.4. The van der Waals surface area contributed by atoms with Crippen LogP contribution in [0.25, 0.3) is 10.4 Å². The molecule has 1 atom stereocenters. The van der Waals surface area contributed by atoms with Crippen LogP contribution in [-0.2, 0) is 24.0 Å². The molecular weight excluding hydrogens is 637 g/mol. The maximum atomic E-state index is 12.5. The highest BCUT2D eigenvalue weighted by atomic mass is 32.9. The molecule has 1 heterocycles. The quantitative estimate of drug-likeness (QED) is 0.0560. The van der Waals surface area contributed by atoms with Crippen LogP contribution in [0.15, 0.2) is 54.6 Å². The van der Waals surface area contributed by atoms with Crippen molar-refractivity contribution < 1.29 is 48.4 Å². The molecule has 0 aliphatic carbocycles. The molecule has 0 fully saturated rings. The smallest absolute Gasteiger partial charge is 0.342 e. The zero-order valence-electron chi connectivity index (χ0n) is 21.2. The van der Waals surface area contributed by atoms with Crippen LogP contribution in [0, 0.1) is 24.1 Å². The molecule has 0 radical (unpaired) electrons. The fourth-order valence-electron chi connectivity index (χ4n) is 2.97. The van der Waals surface area contributed by atoms with Crippen molar-refractivity contribution in [1.82, 2.24) is 0 Å². The van der Waals surface area contributed by atoms with Gasteiger partial charge < -0.3 is 23.9 Å². The number of nitrogens with zero attached hydrogens (tertiary/aromatic N) is 2. The molecule has 1 aromatic heterocycles. The summed E-state index contributed by atoms with van der Waals surface area (Å²) in [4.78, 5) is 67.1. The number of hydrogen-bond donors (Lipinski definition) is 0. The SMILES string of the molecule is C=S.O=C(CCC(=O)Oc1ccccc1C(=O)OCC(CO[N+](=O)[O-])O[N+](=O)[O-])Oc1ccc(-c2cc(=S)ss2)cc1. The number of thiocarbonyl (C=S) groups is 1. The Hall–Kier alpha value is -4.39. The number of rotatable bonds is 14. The van der Waals surface area contributed by atoms with E-state index in [1.54, 1.807) is 24.3 Å². The number of esters is 3. The Labute approximate surface area is 254 Å². The second kappa shape index (κ2) is 17.4. The van der Waals surface area contributed by atoms with Crippen LogP contribution < -0.4 is 9.47 Å². The van der Waals surface area contributed by atoms with Gasteiger partial charge in [-0.3, -0.25) is 9.59 Å². The van der Waals surface area contributed by atoms with Gasteiger partial charge in [0.15, 0.2) is 6.10 Å². The monoisotopic (exact) mass is 656 g/mol. The number of benzene rings is 2. The van der Waals surface area contributed by atoms with Crippen molar-refractivity contribution in [2.24, 2.45) is 0 Å². The van der Waals surface area contributed by atoms with E-state index in [2.05, 4.69) is 27.8 Å². The standard InChI is InChI=1S/C23H18N2O12S3.CH2S/c26-20(35-15-7-5-14(6-8-15)19-11-22(38)40-39-19)9-10-21(27)36-18-4-2-1-3-17(18)23(28)33-12-16(37-25(31)32)13-34-24(29)30;1-2/h1-8,11,16H,9-10,12-13H2;1H2. The Bertz CT molecular complexity index is 1460. The summed E-state index contributed by atoms with van der Waals surface area (Å²) in [6, 6.07) is 14.1. The normalized spacial score (nSPS) is 10.7. The Kier molecular flexibility index (Phi) is 14.0. The van der Waals surface area contributed by atoms with Crippen LogP contribution in [0.3, 0.4) is 0 Å². The van der Waals surface area contributed by atoms with Gasteiger partial charge >= 0.3 is 17.9 Å². The third-order valence-corrected chi connectivity index (χ3v) is 7.61. The molecule has 3 rings (SSSR count). The lowest BCUT2D eigenvalue weighted by Crippen LogP contribution is -2.30. The summed E-state index contributed by atoms with van der Waals surface area (Å²) in [6.07, 6.45) is -2.26. The molecule has 0 saturated carbocycles. The first-order valence-corrected chi connectivity index (χ1v) is 14.5. The van der Waals surface area contributed by atoms with E-state index in [-0.39, 0.29) is 29.9 Å². The molecular formula is C24H20N2O12S4. The lowest BCUT2D eigenvalue weighted by atomic mass is 10.2. The largest absolute Gasteiger partial charge is 0.460 e. The fraction of sp³-hybridized carbons (Fsp3) is 0.208. The minimum atomic E-state index is -1.59. The number of carbonyl (C=O) groups is 3. The van der Waals surface area contributed by atoms with Crippen LogP contribution in [0.1, 0.15) is 23.2 Å². The van der Waals surface area contributed by atoms with Gasteiger partial charge in [-0.05, 0) is 53.9 Å². The summed E-state index contributed by atoms with van der Waals surface area (Å²) in [6.45, 7) is -1.64. The minimum absolute atomic E-state index is 0.202. The maximum Gasteiger partial charge on any atom is 0.342 e. The molecule has 14 nitrogen and oxygen atoms in total. The molecule has 1 unspecified atom stereocenters. The fourth-order valence-corrected chi connectivity index (χ4v) is 5.37. The Balaban J connectivity index is 0.00000301. The van der Waals surface area contributed by atoms with Gasteiger partial charge in [0.1, 0.15) is 34.1 Å². The first kappa shape index (κ1) is 33.8. The summed E-state index contributed by atoms with van der Waals surface area (Å²) >= 11 is 8.96.